The van der Waals surface area contributed by atoms with Gasteiger partial charge in [-0.1, -0.05) is 30.0 Å². The molecule has 1 heterocycles. The van der Waals surface area contributed by atoms with Crippen LogP contribution in [0.4, 0.5) is 0 Å². The number of ether oxygens (including phenoxy) is 3. The van der Waals surface area contributed by atoms with Gasteiger partial charge in [-0.15, -0.1) is 0 Å². The number of hydrogen-bond acceptors (Lipinski definition) is 7. The van der Waals surface area contributed by atoms with Crippen molar-refractivity contribution in [2.75, 3.05) is 20.8 Å². The van der Waals surface area contributed by atoms with Gasteiger partial charge in [0.1, 0.15) is 16.4 Å². The van der Waals surface area contributed by atoms with Crippen molar-refractivity contribution in [2.24, 2.45) is 4.99 Å². The minimum atomic E-state index is -0.746. The highest BCUT2D eigenvalue weighted by atomic mass is 32.2. The van der Waals surface area contributed by atoms with Gasteiger partial charge < -0.3 is 19.3 Å². The summed E-state index contributed by atoms with van der Waals surface area (Å²) in [6.07, 6.45) is 1.70. The van der Waals surface area contributed by atoms with Gasteiger partial charge in [0, 0.05) is 5.56 Å². The third-order valence-corrected chi connectivity index (χ3v) is 5.67. The molecule has 0 radical (unpaired) electrons. The maximum atomic E-state index is 12.6. The summed E-state index contributed by atoms with van der Waals surface area (Å²) in [6.45, 7) is 3.66. The number of aryl methyl sites for hydroxylation is 1. The van der Waals surface area contributed by atoms with Crippen LogP contribution in [0.25, 0.3) is 6.08 Å². The van der Waals surface area contributed by atoms with Crippen molar-refractivity contribution in [2.45, 2.75) is 13.8 Å². The van der Waals surface area contributed by atoms with Gasteiger partial charge in [-0.05, 0) is 55.3 Å². The first-order valence-corrected chi connectivity index (χ1v) is 10.6. The molecule has 0 fully saturated rings. The summed E-state index contributed by atoms with van der Waals surface area (Å²) in [7, 11) is 3.08. The summed E-state index contributed by atoms with van der Waals surface area (Å²) >= 11 is 1.02. The van der Waals surface area contributed by atoms with E-state index in [9.17, 15) is 14.7 Å². The molecule has 0 saturated carbocycles. The van der Waals surface area contributed by atoms with Crippen LogP contribution in [0.3, 0.4) is 0 Å². The molecule has 0 atom stereocenters. The molecule has 2 aromatic rings. The van der Waals surface area contributed by atoms with Crippen LogP contribution in [0, 0.1) is 6.92 Å². The molecule has 0 saturated heterocycles. The zero-order valence-electron chi connectivity index (χ0n) is 18.2. The molecule has 1 N–H and O–H groups in total. The SMILES string of the molecule is CCOC(=O)C1=C(O)/C(=C/c2cc(OC)c(OC)cc2C)SC1=NC(=O)c1ccccc1. The Bertz CT molecular complexity index is 1130. The van der Waals surface area contributed by atoms with Crippen LogP contribution < -0.4 is 9.47 Å². The molecule has 32 heavy (non-hydrogen) atoms. The second-order valence-corrected chi connectivity index (χ2v) is 7.74. The number of hydrogen-bond donors (Lipinski definition) is 1. The van der Waals surface area contributed by atoms with Gasteiger partial charge >= 0.3 is 5.97 Å². The van der Waals surface area contributed by atoms with E-state index in [2.05, 4.69) is 4.99 Å². The maximum Gasteiger partial charge on any atom is 0.344 e. The molecule has 8 heteroatoms. The van der Waals surface area contributed by atoms with E-state index in [1.165, 1.54) is 7.11 Å². The highest BCUT2D eigenvalue weighted by Gasteiger charge is 2.34. The summed E-state index contributed by atoms with van der Waals surface area (Å²) in [5, 5.41) is 10.9. The number of aliphatic hydroxyl groups excluding tert-OH is 1. The molecule has 2 aromatic carbocycles. The fraction of sp³-hybridized carbons (Fsp3) is 0.208. The number of carbonyl (C=O) groups is 2. The Hall–Kier alpha value is -3.52. The number of methoxy groups -OCH3 is 2. The summed E-state index contributed by atoms with van der Waals surface area (Å²) in [6, 6.07) is 12.1. The number of thioether (sulfide) groups is 1. The molecule has 166 valence electrons. The van der Waals surface area contributed by atoms with Crippen molar-refractivity contribution in [1.82, 2.24) is 0 Å². The van der Waals surface area contributed by atoms with E-state index in [0.29, 0.717) is 22.0 Å². The average molecular weight is 454 g/mol. The highest BCUT2D eigenvalue weighted by Crippen LogP contribution is 2.40. The number of aliphatic hydroxyl groups is 1. The van der Waals surface area contributed by atoms with Crippen molar-refractivity contribution in [3.05, 3.63) is 75.4 Å². The lowest BCUT2D eigenvalue weighted by atomic mass is 10.1. The first kappa shape index (κ1) is 23.1. The molecular formula is C24H23NO6S. The molecular weight excluding hydrogens is 430 g/mol. The van der Waals surface area contributed by atoms with Gasteiger partial charge in [0.2, 0.25) is 0 Å². The standard InChI is InChI=1S/C24H23NO6S/c1-5-31-24(28)20-21(26)19(13-16-12-18(30-4)17(29-3)11-14(16)2)32-23(20)25-22(27)15-9-7-6-8-10-15/h6-13,26H,5H2,1-4H3/b19-13-,25-23?. The van der Waals surface area contributed by atoms with Crippen molar-refractivity contribution in [3.63, 3.8) is 0 Å². The second kappa shape index (κ2) is 10.2. The van der Waals surface area contributed by atoms with Crippen LogP contribution in [0.1, 0.15) is 28.4 Å². The van der Waals surface area contributed by atoms with Crippen LogP contribution in [0.15, 0.2) is 63.7 Å². The minimum Gasteiger partial charge on any atom is -0.506 e. The van der Waals surface area contributed by atoms with Crippen LogP contribution in [-0.2, 0) is 9.53 Å². The van der Waals surface area contributed by atoms with Crippen molar-refractivity contribution < 1.29 is 28.9 Å². The highest BCUT2D eigenvalue weighted by molar-refractivity contribution is 8.18. The number of nitrogens with zero attached hydrogens (tertiary/aromatic N) is 1. The number of benzene rings is 2. The predicted octanol–water partition coefficient (Wildman–Crippen LogP) is 4.71. The van der Waals surface area contributed by atoms with Crippen molar-refractivity contribution >= 4 is 34.8 Å². The van der Waals surface area contributed by atoms with Gasteiger partial charge in [-0.2, -0.15) is 0 Å². The van der Waals surface area contributed by atoms with Gasteiger partial charge in [-0.25, -0.2) is 9.79 Å². The molecule has 0 aromatic heterocycles. The second-order valence-electron chi connectivity index (χ2n) is 6.71. The molecule has 0 bridgehead atoms. The van der Waals surface area contributed by atoms with Crippen molar-refractivity contribution in [1.29, 1.82) is 0 Å². The van der Waals surface area contributed by atoms with Gasteiger partial charge in [0.05, 0.1) is 25.7 Å². The molecule has 1 aliphatic heterocycles. The Morgan fingerprint density at radius 3 is 2.38 bits per heavy atom. The number of amides is 1. The van der Waals surface area contributed by atoms with Gasteiger partial charge in [0.25, 0.3) is 5.91 Å². The normalized spacial score (nSPS) is 15.9. The van der Waals surface area contributed by atoms with Crippen LogP contribution >= 0.6 is 11.8 Å². The quantitative estimate of drug-likeness (QED) is 0.633. The van der Waals surface area contributed by atoms with E-state index in [1.54, 1.807) is 56.5 Å². The zero-order chi connectivity index (χ0) is 23.3. The fourth-order valence-electron chi connectivity index (χ4n) is 3.02. The lowest BCUT2D eigenvalue weighted by Gasteiger charge is -2.11. The summed E-state index contributed by atoms with van der Waals surface area (Å²) in [4.78, 5) is 29.6. The van der Waals surface area contributed by atoms with Gasteiger partial charge in [0.15, 0.2) is 11.5 Å². The van der Waals surface area contributed by atoms with E-state index in [-0.39, 0.29) is 23.0 Å². The van der Waals surface area contributed by atoms with Crippen LogP contribution in [0.5, 0.6) is 11.5 Å². The first-order valence-electron chi connectivity index (χ1n) is 9.80. The van der Waals surface area contributed by atoms with Crippen LogP contribution in [0.2, 0.25) is 0 Å². The van der Waals surface area contributed by atoms with E-state index >= 15 is 0 Å². The largest absolute Gasteiger partial charge is 0.506 e. The fourth-order valence-corrected chi connectivity index (χ4v) is 4.03. The van der Waals surface area contributed by atoms with E-state index in [1.807, 2.05) is 13.0 Å². The number of esters is 1. The maximum absolute atomic E-state index is 12.6. The minimum absolute atomic E-state index is 0.0826. The van der Waals surface area contributed by atoms with E-state index in [0.717, 1.165) is 22.9 Å². The molecule has 0 aliphatic carbocycles. The average Bonchev–Trinajstić information content (AvgIpc) is 3.09. The molecule has 1 amide bonds. The van der Waals surface area contributed by atoms with Crippen LogP contribution in [-0.4, -0.2) is 42.9 Å². The van der Waals surface area contributed by atoms with E-state index < -0.39 is 11.9 Å². The van der Waals surface area contributed by atoms with E-state index in [4.69, 9.17) is 14.2 Å². The Balaban J connectivity index is 2.06. The summed E-state index contributed by atoms with van der Waals surface area (Å²) < 4.78 is 15.7. The monoisotopic (exact) mass is 453 g/mol. The Morgan fingerprint density at radius 2 is 1.75 bits per heavy atom. The van der Waals surface area contributed by atoms with Gasteiger partial charge in [-0.3, -0.25) is 4.79 Å². The number of aliphatic imine (C=N–C) groups is 1. The third-order valence-electron chi connectivity index (χ3n) is 4.65. The number of carbonyl (C=O) groups excluding carboxylic acids is 2. The summed E-state index contributed by atoms with van der Waals surface area (Å²) in [5.74, 6) is -0.456. The Labute approximate surface area is 190 Å². The summed E-state index contributed by atoms with van der Waals surface area (Å²) in [5.41, 5.74) is 1.85. The lowest BCUT2D eigenvalue weighted by Crippen LogP contribution is -2.14. The lowest BCUT2D eigenvalue weighted by molar-refractivity contribution is -0.138. The third kappa shape index (κ3) is 4.86. The Morgan fingerprint density at radius 1 is 1.09 bits per heavy atom. The molecule has 7 nitrogen and oxygen atoms in total. The topological polar surface area (TPSA) is 94.4 Å². The molecule has 3 rings (SSSR count). The zero-order valence-corrected chi connectivity index (χ0v) is 19.0. The predicted molar refractivity (Wildman–Crippen MR) is 124 cm³/mol. The Kier molecular flexibility index (Phi) is 7.37. The number of rotatable bonds is 6. The molecule has 1 aliphatic rings. The molecule has 0 spiro atoms. The molecule has 0 unspecified atom stereocenters. The van der Waals surface area contributed by atoms with Crippen molar-refractivity contribution in [3.8, 4) is 11.5 Å². The smallest absolute Gasteiger partial charge is 0.344 e. The first-order chi connectivity index (χ1) is 15.4.